The fourth-order valence-electron chi connectivity index (χ4n) is 1.43. The molecule has 0 aliphatic rings. The van der Waals surface area contributed by atoms with Crippen LogP contribution < -0.4 is 16.5 Å². The van der Waals surface area contributed by atoms with E-state index in [9.17, 15) is 9.82 Å². The minimum Gasteiger partial charge on any atom is -0.446 e. The van der Waals surface area contributed by atoms with Crippen LogP contribution in [0.15, 0.2) is 29.5 Å². The largest absolute Gasteiger partial charge is 0.446 e. The van der Waals surface area contributed by atoms with E-state index in [4.69, 9.17) is 0 Å². The fraction of sp³-hybridized carbons (Fsp3) is 0.200. The van der Waals surface area contributed by atoms with Crippen molar-refractivity contribution in [2.45, 2.75) is 6.82 Å². The van der Waals surface area contributed by atoms with Crippen molar-refractivity contribution in [2.24, 2.45) is 7.05 Å². The number of nitrogens with one attached hydrogen (secondary N) is 1. The Balaban J connectivity index is 2.41. The molecule has 0 atom stereocenters. The molecule has 0 fully saturated rings. The maximum absolute atomic E-state index is 11.9. The third-order valence-electron chi connectivity index (χ3n) is 2.35. The fourth-order valence-corrected chi connectivity index (χ4v) is 1.43. The highest BCUT2D eigenvalue weighted by Crippen LogP contribution is 2.06. The predicted molar refractivity (Wildman–Crippen MR) is 68.3 cm³/mol. The van der Waals surface area contributed by atoms with Crippen LogP contribution in [0.4, 0.5) is 11.5 Å². The average Bonchev–Trinajstić information content (AvgIpc) is 2.35. The molecule has 0 radical (unpaired) electrons. The molecule has 0 bridgehead atoms. The Kier molecular flexibility index (Phi) is 3.38. The second-order valence-corrected chi connectivity index (χ2v) is 3.81. The summed E-state index contributed by atoms with van der Waals surface area (Å²) >= 11 is 0. The molecule has 0 aliphatic carbocycles. The van der Waals surface area contributed by atoms with Gasteiger partial charge in [-0.1, -0.05) is 6.82 Å². The second-order valence-electron chi connectivity index (χ2n) is 3.81. The highest BCUT2D eigenvalue weighted by Gasteiger charge is 2.13. The van der Waals surface area contributed by atoms with Crippen molar-refractivity contribution >= 4 is 24.0 Å². The number of hydrogen-bond donors (Lipinski definition) is 2. The molecule has 0 aliphatic heterocycles. The number of anilines is 2. The van der Waals surface area contributed by atoms with Gasteiger partial charge in [-0.15, -0.1) is 0 Å². The van der Waals surface area contributed by atoms with Gasteiger partial charge in [-0.2, -0.15) is 5.10 Å². The Morgan fingerprint density at radius 1 is 1.50 bits per heavy atom. The summed E-state index contributed by atoms with van der Waals surface area (Å²) in [4.78, 5) is 19.6. The molecule has 18 heavy (non-hydrogen) atoms. The lowest BCUT2D eigenvalue weighted by molar-refractivity contribution is 0.588. The first-order chi connectivity index (χ1) is 8.58. The number of rotatable bonds is 3. The van der Waals surface area contributed by atoms with Crippen LogP contribution in [0.2, 0.25) is 6.82 Å². The zero-order chi connectivity index (χ0) is 13.1. The van der Waals surface area contributed by atoms with Crippen LogP contribution in [0, 0.1) is 0 Å². The van der Waals surface area contributed by atoms with Crippen LogP contribution >= 0.6 is 0 Å². The molecule has 2 aromatic rings. The van der Waals surface area contributed by atoms with Crippen molar-refractivity contribution in [3.8, 4) is 0 Å². The first kappa shape index (κ1) is 12.2. The summed E-state index contributed by atoms with van der Waals surface area (Å²) in [6.45, 7) is 0.837. The molecule has 0 aromatic carbocycles. The van der Waals surface area contributed by atoms with Gasteiger partial charge in [-0.3, -0.25) is 4.79 Å². The quantitative estimate of drug-likeness (QED) is 0.683. The van der Waals surface area contributed by atoms with E-state index in [1.54, 1.807) is 19.1 Å². The van der Waals surface area contributed by atoms with Gasteiger partial charge in [-0.05, 0) is 12.1 Å². The highest BCUT2D eigenvalue weighted by molar-refractivity contribution is 6.63. The number of aryl methyl sites for hydroxylation is 1. The Morgan fingerprint density at radius 3 is 2.89 bits per heavy atom. The van der Waals surface area contributed by atoms with Crippen LogP contribution in [0.1, 0.15) is 0 Å². The lowest BCUT2D eigenvalue weighted by Crippen LogP contribution is -2.37. The summed E-state index contributed by atoms with van der Waals surface area (Å²) in [5.74, 6) is 0.504. The summed E-state index contributed by atoms with van der Waals surface area (Å²) in [6.07, 6.45) is 2.94. The van der Waals surface area contributed by atoms with Crippen LogP contribution in [0.25, 0.3) is 0 Å². The standard InChI is InChI=1S/C10H12BN5O2/c1-11(18)8-5-7(10(17)16(2)15-8)14-9-3-4-12-6-13-9/h3-6,18H,1-2H3,(H,12,13,14). The van der Waals surface area contributed by atoms with E-state index in [0.717, 1.165) is 0 Å². The van der Waals surface area contributed by atoms with Gasteiger partial charge in [0.05, 0.1) is 5.59 Å². The minimum atomic E-state index is -0.747. The third kappa shape index (κ3) is 2.54. The number of nitrogens with zero attached hydrogens (tertiary/aromatic N) is 4. The van der Waals surface area contributed by atoms with Crippen LogP contribution in [0.3, 0.4) is 0 Å². The first-order valence-corrected chi connectivity index (χ1v) is 5.37. The third-order valence-corrected chi connectivity index (χ3v) is 2.35. The van der Waals surface area contributed by atoms with Gasteiger partial charge in [0.15, 0.2) is 0 Å². The Bertz CT molecular complexity index is 599. The van der Waals surface area contributed by atoms with E-state index in [1.165, 1.54) is 24.1 Å². The SMILES string of the molecule is CB(O)c1cc(Nc2ccncn2)c(=O)n(C)n1. The Hall–Kier alpha value is -2.22. The summed E-state index contributed by atoms with van der Waals surface area (Å²) in [5.41, 5.74) is 0.425. The van der Waals surface area contributed by atoms with Crippen molar-refractivity contribution < 1.29 is 5.02 Å². The Labute approximate surface area is 104 Å². The van der Waals surface area contributed by atoms with E-state index < -0.39 is 6.92 Å². The summed E-state index contributed by atoms with van der Waals surface area (Å²) < 4.78 is 1.17. The van der Waals surface area contributed by atoms with Gasteiger partial charge in [-0.25, -0.2) is 14.6 Å². The minimum absolute atomic E-state index is 0.294. The molecule has 8 heteroatoms. The molecular formula is C10H12BN5O2. The summed E-state index contributed by atoms with van der Waals surface area (Å²) in [6, 6.07) is 3.15. The average molecular weight is 245 g/mol. The Morgan fingerprint density at radius 2 is 2.28 bits per heavy atom. The topological polar surface area (TPSA) is 92.9 Å². The molecule has 92 valence electrons. The zero-order valence-electron chi connectivity index (χ0n) is 10.0. The normalized spacial score (nSPS) is 10.2. The highest BCUT2D eigenvalue weighted by atomic mass is 16.2. The number of aromatic nitrogens is 4. The van der Waals surface area contributed by atoms with Gasteiger partial charge in [0.2, 0.25) is 0 Å². The molecule has 0 saturated carbocycles. The van der Waals surface area contributed by atoms with Gasteiger partial charge < -0.3 is 10.3 Å². The molecule has 7 nitrogen and oxygen atoms in total. The molecule has 0 amide bonds. The molecule has 2 rings (SSSR count). The number of hydrogen-bond acceptors (Lipinski definition) is 6. The molecule has 2 heterocycles. The molecule has 0 saturated heterocycles. The van der Waals surface area contributed by atoms with E-state index >= 15 is 0 Å². The van der Waals surface area contributed by atoms with Crippen LogP contribution in [-0.4, -0.2) is 31.7 Å². The lowest BCUT2D eigenvalue weighted by atomic mass is 9.68. The monoisotopic (exact) mass is 245 g/mol. The lowest BCUT2D eigenvalue weighted by Gasteiger charge is -2.08. The van der Waals surface area contributed by atoms with E-state index in [2.05, 4.69) is 20.4 Å². The zero-order valence-corrected chi connectivity index (χ0v) is 10.0. The second kappa shape index (κ2) is 4.97. The van der Waals surface area contributed by atoms with Crippen molar-refractivity contribution in [2.75, 3.05) is 5.32 Å². The van der Waals surface area contributed by atoms with E-state index in [0.29, 0.717) is 17.1 Å². The molecular weight excluding hydrogens is 233 g/mol. The smallest absolute Gasteiger partial charge is 0.343 e. The van der Waals surface area contributed by atoms with Gasteiger partial charge in [0.25, 0.3) is 5.56 Å². The maximum atomic E-state index is 11.9. The van der Waals surface area contributed by atoms with Crippen molar-refractivity contribution in [1.29, 1.82) is 0 Å². The molecule has 2 aromatic heterocycles. The molecule has 0 unspecified atom stereocenters. The van der Waals surface area contributed by atoms with E-state index in [-0.39, 0.29) is 5.56 Å². The van der Waals surface area contributed by atoms with E-state index in [1.807, 2.05) is 0 Å². The van der Waals surface area contributed by atoms with Crippen molar-refractivity contribution in [3.05, 3.63) is 35.0 Å². The van der Waals surface area contributed by atoms with Gasteiger partial charge in [0.1, 0.15) is 17.8 Å². The van der Waals surface area contributed by atoms with Crippen LogP contribution in [-0.2, 0) is 7.05 Å². The molecule has 0 spiro atoms. The first-order valence-electron chi connectivity index (χ1n) is 5.37. The van der Waals surface area contributed by atoms with Crippen LogP contribution in [0.5, 0.6) is 0 Å². The predicted octanol–water partition coefficient (Wildman–Crippen LogP) is -0.866. The maximum Gasteiger partial charge on any atom is 0.343 e. The van der Waals surface area contributed by atoms with Crippen molar-refractivity contribution in [3.63, 3.8) is 0 Å². The van der Waals surface area contributed by atoms with Gasteiger partial charge >= 0.3 is 6.92 Å². The summed E-state index contributed by atoms with van der Waals surface area (Å²) in [5, 5.41) is 16.3. The van der Waals surface area contributed by atoms with Crippen molar-refractivity contribution in [1.82, 2.24) is 19.7 Å². The summed E-state index contributed by atoms with van der Waals surface area (Å²) in [7, 11) is 1.53. The van der Waals surface area contributed by atoms with Gasteiger partial charge in [0, 0.05) is 13.2 Å². The molecule has 2 N–H and O–H groups in total.